The maximum atomic E-state index is 13.0. The molecule has 0 spiro atoms. The third-order valence-corrected chi connectivity index (χ3v) is 6.16. The Morgan fingerprint density at radius 2 is 2.16 bits per heavy atom. The van der Waals surface area contributed by atoms with E-state index >= 15 is 0 Å². The number of hydrogen-bond acceptors (Lipinski definition) is 5. The molecular weight excluding hydrogens is 348 g/mol. The van der Waals surface area contributed by atoms with Crippen LogP contribution in [0.25, 0.3) is 10.9 Å². The van der Waals surface area contributed by atoms with Crippen LogP contribution < -0.4 is 5.56 Å². The van der Waals surface area contributed by atoms with Crippen molar-refractivity contribution in [2.24, 2.45) is 0 Å². The number of aromatic nitrogens is 1. The Balaban J connectivity index is 2.05. The molecular formula is C16H18N2O6S. The summed E-state index contributed by atoms with van der Waals surface area (Å²) in [6.07, 6.45) is -0.320. The molecule has 8 nitrogen and oxygen atoms in total. The molecule has 0 aliphatic carbocycles. The van der Waals surface area contributed by atoms with Gasteiger partial charge in [0.1, 0.15) is 0 Å². The third-order valence-electron chi connectivity index (χ3n) is 4.21. The van der Waals surface area contributed by atoms with Crippen LogP contribution in [-0.2, 0) is 19.6 Å². The molecule has 3 rings (SSSR count). The van der Waals surface area contributed by atoms with Crippen LogP contribution in [0.5, 0.6) is 0 Å². The summed E-state index contributed by atoms with van der Waals surface area (Å²) < 4.78 is 32.4. The molecule has 1 unspecified atom stereocenters. The van der Waals surface area contributed by atoms with E-state index < -0.39 is 22.0 Å². The van der Waals surface area contributed by atoms with Crippen molar-refractivity contribution in [3.63, 3.8) is 0 Å². The summed E-state index contributed by atoms with van der Waals surface area (Å²) in [4.78, 5) is 25.3. The summed E-state index contributed by atoms with van der Waals surface area (Å²) in [6.45, 7) is 2.10. The fourth-order valence-corrected chi connectivity index (χ4v) is 4.64. The van der Waals surface area contributed by atoms with E-state index in [4.69, 9.17) is 9.84 Å². The molecule has 25 heavy (non-hydrogen) atoms. The first-order chi connectivity index (χ1) is 11.8. The number of ether oxygens (including phenoxy) is 1. The first-order valence-electron chi connectivity index (χ1n) is 7.74. The van der Waals surface area contributed by atoms with E-state index in [9.17, 15) is 18.0 Å². The number of fused-ring (bicyclic) bond motifs is 1. The molecule has 1 aromatic heterocycles. The average molecular weight is 366 g/mol. The molecule has 0 bridgehead atoms. The molecule has 134 valence electrons. The van der Waals surface area contributed by atoms with E-state index in [-0.39, 0.29) is 36.6 Å². The maximum absolute atomic E-state index is 13.0. The average Bonchev–Trinajstić information content (AvgIpc) is 2.54. The lowest BCUT2D eigenvalue weighted by atomic mass is 10.1. The molecule has 9 heteroatoms. The number of aromatic amines is 1. The van der Waals surface area contributed by atoms with Crippen LogP contribution in [0.3, 0.4) is 0 Å². The predicted molar refractivity (Wildman–Crippen MR) is 90.1 cm³/mol. The Morgan fingerprint density at radius 1 is 1.40 bits per heavy atom. The number of nitrogens with zero attached hydrogens (tertiary/aromatic N) is 1. The normalized spacial score (nSPS) is 19.2. The van der Waals surface area contributed by atoms with E-state index in [0.29, 0.717) is 16.5 Å². The minimum absolute atomic E-state index is 0.0471. The van der Waals surface area contributed by atoms with Gasteiger partial charge in [-0.05, 0) is 30.7 Å². The number of aliphatic carboxylic acids is 1. The molecule has 2 aromatic rings. The van der Waals surface area contributed by atoms with Gasteiger partial charge in [-0.1, -0.05) is 0 Å². The lowest BCUT2D eigenvalue weighted by Crippen LogP contribution is -2.49. The van der Waals surface area contributed by atoms with Gasteiger partial charge in [0.05, 0.1) is 30.6 Å². The summed E-state index contributed by atoms with van der Waals surface area (Å²) in [5, 5.41) is 9.64. The highest BCUT2D eigenvalue weighted by Gasteiger charge is 2.35. The Hall–Kier alpha value is -2.23. The van der Waals surface area contributed by atoms with Crippen LogP contribution in [0.4, 0.5) is 0 Å². The highest BCUT2D eigenvalue weighted by Crippen LogP contribution is 2.25. The molecule has 1 saturated heterocycles. The quantitative estimate of drug-likeness (QED) is 0.823. The fourth-order valence-electron chi connectivity index (χ4n) is 3.02. The number of rotatable bonds is 4. The molecule has 0 radical (unpaired) electrons. The second-order valence-electron chi connectivity index (χ2n) is 5.97. The molecule has 1 fully saturated rings. The predicted octanol–water partition coefficient (Wildman–Crippen LogP) is 0.701. The molecule has 1 aliphatic heterocycles. The maximum Gasteiger partial charge on any atom is 0.305 e. The van der Waals surface area contributed by atoms with Gasteiger partial charge in [-0.3, -0.25) is 9.59 Å². The van der Waals surface area contributed by atoms with E-state index in [1.807, 2.05) is 0 Å². The first-order valence-corrected chi connectivity index (χ1v) is 9.18. The summed E-state index contributed by atoms with van der Waals surface area (Å²) >= 11 is 0. The smallest absolute Gasteiger partial charge is 0.305 e. The zero-order valence-electron chi connectivity index (χ0n) is 13.6. The second-order valence-corrected chi connectivity index (χ2v) is 7.86. The monoisotopic (exact) mass is 366 g/mol. The van der Waals surface area contributed by atoms with Gasteiger partial charge in [-0.2, -0.15) is 4.31 Å². The number of carbonyl (C=O) groups is 1. The van der Waals surface area contributed by atoms with Crippen molar-refractivity contribution in [1.82, 2.24) is 9.29 Å². The Labute approximate surface area is 144 Å². The topological polar surface area (TPSA) is 117 Å². The van der Waals surface area contributed by atoms with Gasteiger partial charge >= 0.3 is 5.97 Å². The van der Waals surface area contributed by atoms with Crippen LogP contribution >= 0.6 is 0 Å². The Kier molecular flexibility index (Phi) is 4.63. The molecule has 1 atom stereocenters. The molecule has 1 aliphatic rings. The summed E-state index contributed by atoms with van der Waals surface area (Å²) in [7, 11) is -3.88. The highest BCUT2D eigenvalue weighted by molar-refractivity contribution is 7.89. The summed E-state index contributed by atoms with van der Waals surface area (Å²) in [6, 6.07) is 5.12. The van der Waals surface area contributed by atoms with Crippen molar-refractivity contribution in [2.75, 3.05) is 19.8 Å². The van der Waals surface area contributed by atoms with E-state index in [0.717, 1.165) is 0 Å². The minimum atomic E-state index is -3.88. The molecule has 1 aromatic carbocycles. The zero-order valence-corrected chi connectivity index (χ0v) is 14.4. The SMILES string of the molecule is Cc1cc(=O)[nH]c2ccc(S(=O)(=O)N3CCOCC3CC(=O)O)cc12. The minimum Gasteiger partial charge on any atom is -0.481 e. The first kappa shape index (κ1) is 17.6. The lowest BCUT2D eigenvalue weighted by Gasteiger charge is -2.33. The standard InChI is InChI=1S/C16H18N2O6S/c1-10-6-15(19)17-14-3-2-12(8-13(10)14)25(22,23)18-4-5-24-9-11(18)7-16(20)21/h2-3,6,8,11H,4-5,7,9H2,1H3,(H,17,19)(H,20,21). The van der Waals surface area contributed by atoms with Gasteiger partial charge in [0, 0.05) is 23.5 Å². The van der Waals surface area contributed by atoms with Crippen LogP contribution in [0, 0.1) is 6.92 Å². The largest absolute Gasteiger partial charge is 0.481 e. The molecule has 0 saturated carbocycles. The van der Waals surface area contributed by atoms with E-state index in [2.05, 4.69) is 4.98 Å². The van der Waals surface area contributed by atoms with Gasteiger partial charge in [0.15, 0.2) is 0 Å². The number of aryl methyl sites for hydroxylation is 1. The van der Waals surface area contributed by atoms with Gasteiger partial charge in [0.25, 0.3) is 0 Å². The Morgan fingerprint density at radius 3 is 2.88 bits per heavy atom. The van der Waals surface area contributed by atoms with Crippen molar-refractivity contribution in [1.29, 1.82) is 0 Å². The fraction of sp³-hybridized carbons (Fsp3) is 0.375. The van der Waals surface area contributed by atoms with Gasteiger partial charge < -0.3 is 14.8 Å². The van der Waals surface area contributed by atoms with Crippen LogP contribution in [-0.4, -0.2) is 54.6 Å². The van der Waals surface area contributed by atoms with Gasteiger partial charge in [-0.15, -0.1) is 0 Å². The second kappa shape index (κ2) is 6.58. The number of sulfonamides is 1. The number of carboxylic acids is 1. The number of nitrogens with one attached hydrogen (secondary N) is 1. The third kappa shape index (κ3) is 3.44. The van der Waals surface area contributed by atoms with Crippen LogP contribution in [0.15, 0.2) is 34.0 Å². The van der Waals surface area contributed by atoms with Crippen molar-refractivity contribution in [2.45, 2.75) is 24.3 Å². The summed E-state index contributed by atoms with van der Waals surface area (Å²) in [5.41, 5.74) is 0.961. The van der Waals surface area contributed by atoms with Gasteiger partial charge in [-0.25, -0.2) is 8.42 Å². The number of benzene rings is 1. The highest BCUT2D eigenvalue weighted by atomic mass is 32.2. The van der Waals surface area contributed by atoms with Gasteiger partial charge in [0.2, 0.25) is 15.6 Å². The van der Waals surface area contributed by atoms with Crippen molar-refractivity contribution >= 4 is 26.9 Å². The summed E-state index contributed by atoms with van der Waals surface area (Å²) in [5.74, 6) is -1.08. The molecule has 2 N–H and O–H groups in total. The molecule has 2 heterocycles. The van der Waals surface area contributed by atoms with E-state index in [1.54, 1.807) is 13.0 Å². The number of morpholine rings is 1. The van der Waals surface area contributed by atoms with Crippen LogP contribution in [0.2, 0.25) is 0 Å². The number of hydrogen-bond donors (Lipinski definition) is 2. The van der Waals surface area contributed by atoms with Crippen molar-refractivity contribution in [3.05, 3.63) is 40.2 Å². The van der Waals surface area contributed by atoms with Crippen LogP contribution in [0.1, 0.15) is 12.0 Å². The number of carboxylic acid groups (broad SMARTS) is 1. The number of pyridine rings is 1. The van der Waals surface area contributed by atoms with Crippen molar-refractivity contribution < 1.29 is 23.1 Å². The number of H-pyrrole nitrogens is 1. The lowest BCUT2D eigenvalue weighted by molar-refractivity contribution is -0.139. The Bertz CT molecular complexity index is 982. The van der Waals surface area contributed by atoms with Crippen molar-refractivity contribution in [3.8, 4) is 0 Å². The molecule has 0 amide bonds. The van der Waals surface area contributed by atoms with E-state index in [1.165, 1.54) is 22.5 Å². The zero-order chi connectivity index (χ0) is 18.2.